The van der Waals surface area contributed by atoms with Crippen molar-refractivity contribution >= 4 is 0 Å². The minimum absolute atomic E-state index is 0.847. The lowest BCUT2D eigenvalue weighted by Gasteiger charge is -2.04. The average Bonchev–Trinajstić information content (AvgIpc) is 2.16. The molecule has 0 aromatic heterocycles. The summed E-state index contributed by atoms with van der Waals surface area (Å²) in [7, 11) is 1.73. The van der Waals surface area contributed by atoms with Gasteiger partial charge in [-0.25, -0.2) is 0 Å². The van der Waals surface area contributed by atoms with E-state index in [2.05, 4.69) is 12.2 Å². The quantitative estimate of drug-likeness (QED) is 0.527. The fourth-order valence-corrected chi connectivity index (χ4v) is 1.01. The molecule has 0 aliphatic rings. The normalized spacial score (nSPS) is 10.6. The molecule has 0 atom stereocenters. The number of ether oxygens (including phenoxy) is 2. The van der Waals surface area contributed by atoms with Crippen LogP contribution in [0.1, 0.15) is 26.2 Å². The van der Waals surface area contributed by atoms with Crippen LogP contribution in [0.15, 0.2) is 0 Å². The van der Waals surface area contributed by atoms with Gasteiger partial charge in [0.15, 0.2) is 0 Å². The summed E-state index contributed by atoms with van der Waals surface area (Å²) >= 11 is 0. The minimum Gasteiger partial charge on any atom is -0.385 e. The van der Waals surface area contributed by atoms with Crippen molar-refractivity contribution in [3.8, 4) is 0 Å². The molecule has 3 nitrogen and oxygen atoms in total. The molecule has 0 aromatic rings. The van der Waals surface area contributed by atoms with Gasteiger partial charge in [-0.1, -0.05) is 6.92 Å². The van der Waals surface area contributed by atoms with Crippen molar-refractivity contribution in [2.24, 2.45) is 0 Å². The van der Waals surface area contributed by atoms with Gasteiger partial charge in [0.05, 0.1) is 0 Å². The van der Waals surface area contributed by atoms with Crippen LogP contribution < -0.4 is 5.32 Å². The summed E-state index contributed by atoms with van der Waals surface area (Å²) in [6, 6.07) is 0. The molecule has 0 amide bonds. The van der Waals surface area contributed by atoms with Crippen molar-refractivity contribution in [1.82, 2.24) is 5.32 Å². The van der Waals surface area contributed by atoms with Gasteiger partial charge in [0.1, 0.15) is 0 Å². The van der Waals surface area contributed by atoms with Crippen LogP contribution in [0.3, 0.4) is 0 Å². The third-order valence-electron chi connectivity index (χ3n) is 1.69. The van der Waals surface area contributed by atoms with Gasteiger partial charge in [0, 0.05) is 26.9 Å². The zero-order valence-electron chi connectivity index (χ0n) is 8.97. The molecule has 0 fully saturated rings. The average molecular weight is 189 g/mol. The van der Waals surface area contributed by atoms with Gasteiger partial charge in [-0.2, -0.15) is 0 Å². The minimum atomic E-state index is 0.847. The lowest BCUT2D eigenvalue weighted by atomic mass is 10.4. The molecule has 0 heterocycles. The Morgan fingerprint density at radius 1 is 1.00 bits per heavy atom. The number of hydrogen-bond acceptors (Lipinski definition) is 3. The highest BCUT2D eigenvalue weighted by Crippen LogP contribution is 1.84. The van der Waals surface area contributed by atoms with E-state index in [1.54, 1.807) is 7.11 Å². The van der Waals surface area contributed by atoms with Crippen LogP contribution in [0.25, 0.3) is 0 Å². The molecule has 0 aliphatic heterocycles. The highest BCUT2D eigenvalue weighted by atomic mass is 16.5. The van der Waals surface area contributed by atoms with Crippen molar-refractivity contribution in [2.75, 3.05) is 40.0 Å². The maximum atomic E-state index is 5.35. The molecule has 0 aliphatic carbocycles. The van der Waals surface area contributed by atoms with E-state index in [1.807, 2.05) is 0 Å². The first kappa shape index (κ1) is 12.9. The Morgan fingerprint density at radius 3 is 2.31 bits per heavy atom. The van der Waals surface area contributed by atoms with Crippen molar-refractivity contribution in [1.29, 1.82) is 0 Å². The molecule has 0 radical (unpaired) electrons. The Labute approximate surface area is 81.8 Å². The molecule has 0 spiro atoms. The first-order valence-corrected chi connectivity index (χ1v) is 5.19. The van der Waals surface area contributed by atoms with Crippen molar-refractivity contribution < 1.29 is 9.47 Å². The zero-order chi connectivity index (χ0) is 9.78. The van der Waals surface area contributed by atoms with E-state index in [4.69, 9.17) is 9.47 Å². The SMILES string of the molecule is CCCOCCCNCCCOC. The van der Waals surface area contributed by atoms with Crippen LogP contribution in [0.2, 0.25) is 0 Å². The van der Waals surface area contributed by atoms with E-state index in [-0.39, 0.29) is 0 Å². The molecule has 13 heavy (non-hydrogen) atoms. The second kappa shape index (κ2) is 11.9. The number of methoxy groups -OCH3 is 1. The van der Waals surface area contributed by atoms with E-state index >= 15 is 0 Å². The fourth-order valence-electron chi connectivity index (χ4n) is 1.01. The molecular formula is C10H23NO2. The molecule has 1 N–H and O–H groups in total. The predicted octanol–water partition coefficient (Wildman–Crippen LogP) is 1.43. The van der Waals surface area contributed by atoms with Crippen molar-refractivity contribution in [3.63, 3.8) is 0 Å². The zero-order valence-corrected chi connectivity index (χ0v) is 8.97. The second-order valence-electron chi connectivity index (χ2n) is 3.06. The number of hydrogen-bond donors (Lipinski definition) is 1. The number of nitrogens with one attached hydrogen (secondary N) is 1. The summed E-state index contributed by atoms with van der Waals surface area (Å²) in [4.78, 5) is 0. The van der Waals surface area contributed by atoms with Crippen LogP contribution in [-0.4, -0.2) is 40.0 Å². The number of rotatable bonds is 10. The lowest BCUT2D eigenvalue weighted by molar-refractivity contribution is 0.132. The maximum absolute atomic E-state index is 5.35. The Hall–Kier alpha value is -0.120. The summed E-state index contributed by atoms with van der Waals surface area (Å²) in [6.45, 7) is 6.84. The standard InChI is InChI=1S/C10H23NO2/c1-3-8-13-10-5-7-11-6-4-9-12-2/h11H,3-10H2,1-2H3. The van der Waals surface area contributed by atoms with Crippen molar-refractivity contribution in [2.45, 2.75) is 26.2 Å². The predicted molar refractivity (Wildman–Crippen MR) is 55.1 cm³/mol. The molecule has 0 aromatic carbocycles. The largest absolute Gasteiger partial charge is 0.385 e. The van der Waals surface area contributed by atoms with Gasteiger partial charge in [0.25, 0.3) is 0 Å². The summed E-state index contributed by atoms with van der Waals surface area (Å²) in [6.07, 6.45) is 3.31. The fraction of sp³-hybridized carbons (Fsp3) is 1.00. The third-order valence-corrected chi connectivity index (χ3v) is 1.69. The smallest absolute Gasteiger partial charge is 0.0478 e. The Bertz CT molecular complexity index is 79.0. The molecule has 0 rings (SSSR count). The van der Waals surface area contributed by atoms with Gasteiger partial charge >= 0.3 is 0 Å². The summed E-state index contributed by atoms with van der Waals surface area (Å²) in [5.74, 6) is 0. The molecule has 0 saturated heterocycles. The van der Waals surface area contributed by atoms with Gasteiger partial charge in [-0.3, -0.25) is 0 Å². The van der Waals surface area contributed by atoms with E-state index < -0.39 is 0 Å². The Kier molecular flexibility index (Phi) is 11.8. The highest BCUT2D eigenvalue weighted by molar-refractivity contribution is 4.47. The molecule has 0 unspecified atom stereocenters. The van der Waals surface area contributed by atoms with Crippen LogP contribution >= 0.6 is 0 Å². The molecule has 3 heteroatoms. The Morgan fingerprint density at radius 2 is 1.69 bits per heavy atom. The third kappa shape index (κ3) is 11.9. The van der Waals surface area contributed by atoms with Crippen LogP contribution in [0.4, 0.5) is 0 Å². The first-order chi connectivity index (χ1) is 6.41. The van der Waals surface area contributed by atoms with Crippen LogP contribution in [-0.2, 0) is 9.47 Å². The monoisotopic (exact) mass is 189 g/mol. The molecular weight excluding hydrogens is 166 g/mol. The van der Waals surface area contributed by atoms with E-state index in [1.165, 1.54) is 0 Å². The van der Waals surface area contributed by atoms with Gasteiger partial charge in [-0.05, 0) is 32.4 Å². The topological polar surface area (TPSA) is 30.5 Å². The van der Waals surface area contributed by atoms with Gasteiger partial charge < -0.3 is 14.8 Å². The summed E-state index contributed by atoms with van der Waals surface area (Å²) < 4.78 is 10.3. The first-order valence-electron chi connectivity index (χ1n) is 5.19. The summed E-state index contributed by atoms with van der Waals surface area (Å²) in [5, 5.41) is 3.34. The Balaban J connectivity index is 2.76. The molecule has 0 saturated carbocycles. The second-order valence-corrected chi connectivity index (χ2v) is 3.06. The van der Waals surface area contributed by atoms with E-state index in [9.17, 15) is 0 Å². The van der Waals surface area contributed by atoms with Crippen LogP contribution in [0.5, 0.6) is 0 Å². The van der Waals surface area contributed by atoms with Crippen LogP contribution in [0, 0.1) is 0 Å². The van der Waals surface area contributed by atoms with Gasteiger partial charge in [0.2, 0.25) is 0 Å². The van der Waals surface area contributed by atoms with Gasteiger partial charge in [-0.15, -0.1) is 0 Å². The lowest BCUT2D eigenvalue weighted by Crippen LogP contribution is -2.19. The maximum Gasteiger partial charge on any atom is 0.0478 e. The molecule has 0 bridgehead atoms. The summed E-state index contributed by atoms with van der Waals surface area (Å²) in [5.41, 5.74) is 0. The van der Waals surface area contributed by atoms with E-state index in [0.29, 0.717) is 0 Å². The van der Waals surface area contributed by atoms with E-state index in [0.717, 1.165) is 52.2 Å². The highest BCUT2D eigenvalue weighted by Gasteiger charge is 1.89. The van der Waals surface area contributed by atoms with Crippen molar-refractivity contribution in [3.05, 3.63) is 0 Å². The molecule has 80 valence electrons.